The van der Waals surface area contributed by atoms with Gasteiger partial charge in [-0.2, -0.15) is 5.10 Å². The van der Waals surface area contributed by atoms with Gasteiger partial charge in [0.05, 0.1) is 22.5 Å². The maximum Gasteiger partial charge on any atom is 0.142 e. The van der Waals surface area contributed by atoms with Crippen LogP contribution in [0.2, 0.25) is 5.02 Å². The molecule has 1 heterocycles. The predicted molar refractivity (Wildman–Crippen MR) is 73.1 cm³/mol. The zero-order chi connectivity index (χ0) is 14.0. The molecule has 0 saturated carbocycles. The van der Waals surface area contributed by atoms with E-state index in [2.05, 4.69) is 10.5 Å². The topological polar surface area (TPSA) is 55.9 Å². The zero-order valence-electron chi connectivity index (χ0n) is 10.8. The maximum absolute atomic E-state index is 13.4. The van der Waals surface area contributed by atoms with Crippen molar-refractivity contribution in [1.29, 1.82) is 0 Å². The molecule has 1 unspecified atom stereocenters. The van der Waals surface area contributed by atoms with Gasteiger partial charge in [-0.05, 0) is 37.1 Å². The third-order valence-electron chi connectivity index (χ3n) is 3.02. The molecule has 0 spiro atoms. The van der Waals surface area contributed by atoms with Gasteiger partial charge in [-0.3, -0.25) is 16.0 Å². The Morgan fingerprint density at radius 3 is 2.74 bits per heavy atom. The molecule has 1 atom stereocenters. The second-order valence-corrected chi connectivity index (χ2v) is 4.91. The van der Waals surface area contributed by atoms with E-state index in [1.165, 1.54) is 6.07 Å². The number of nitrogens with one attached hydrogen (secondary N) is 1. The van der Waals surface area contributed by atoms with Crippen molar-refractivity contribution in [2.45, 2.75) is 19.4 Å². The number of hydrogen-bond acceptors (Lipinski definition) is 3. The van der Waals surface area contributed by atoms with Crippen LogP contribution in [-0.2, 0) is 13.5 Å². The van der Waals surface area contributed by atoms with Crippen molar-refractivity contribution in [3.8, 4) is 0 Å². The van der Waals surface area contributed by atoms with Crippen LogP contribution in [0.25, 0.3) is 0 Å². The first-order valence-corrected chi connectivity index (χ1v) is 6.29. The molecule has 0 amide bonds. The summed E-state index contributed by atoms with van der Waals surface area (Å²) < 4.78 is 15.2. The standard InChI is InChI=1S/C13H16ClFN4/c1-8-5-13(19(2)18-8)12(17-16)7-9-3-4-10(14)11(15)6-9/h3-6,12,17H,7,16H2,1-2H3. The van der Waals surface area contributed by atoms with E-state index in [-0.39, 0.29) is 11.1 Å². The molecule has 1 aromatic carbocycles. The smallest absolute Gasteiger partial charge is 0.142 e. The van der Waals surface area contributed by atoms with Crippen molar-refractivity contribution in [2.75, 3.05) is 0 Å². The van der Waals surface area contributed by atoms with Crippen LogP contribution in [0.5, 0.6) is 0 Å². The van der Waals surface area contributed by atoms with Crippen molar-refractivity contribution in [3.63, 3.8) is 0 Å². The van der Waals surface area contributed by atoms with E-state index in [9.17, 15) is 4.39 Å². The lowest BCUT2D eigenvalue weighted by molar-refractivity contribution is 0.506. The maximum atomic E-state index is 13.4. The Bertz CT molecular complexity index is 582. The van der Waals surface area contributed by atoms with Crippen molar-refractivity contribution in [1.82, 2.24) is 15.2 Å². The van der Waals surface area contributed by atoms with Gasteiger partial charge in [0.25, 0.3) is 0 Å². The highest BCUT2D eigenvalue weighted by molar-refractivity contribution is 6.30. The molecule has 0 aliphatic heterocycles. The number of aryl methyl sites for hydroxylation is 2. The van der Waals surface area contributed by atoms with Crippen LogP contribution in [0.3, 0.4) is 0 Å². The highest BCUT2D eigenvalue weighted by Gasteiger charge is 2.16. The van der Waals surface area contributed by atoms with Gasteiger partial charge in [-0.1, -0.05) is 17.7 Å². The first-order valence-electron chi connectivity index (χ1n) is 5.92. The van der Waals surface area contributed by atoms with Gasteiger partial charge in [0.1, 0.15) is 5.82 Å². The van der Waals surface area contributed by atoms with Crippen molar-refractivity contribution in [3.05, 3.63) is 52.1 Å². The number of hydrogen-bond donors (Lipinski definition) is 2. The average molecular weight is 283 g/mol. The average Bonchev–Trinajstić information content (AvgIpc) is 2.70. The van der Waals surface area contributed by atoms with Crippen LogP contribution in [0.15, 0.2) is 24.3 Å². The number of aromatic nitrogens is 2. The molecular weight excluding hydrogens is 267 g/mol. The number of benzene rings is 1. The first-order chi connectivity index (χ1) is 9.01. The van der Waals surface area contributed by atoms with Crippen LogP contribution in [0, 0.1) is 12.7 Å². The first kappa shape index (κ1) is 14.0. The summed E-state index contributed by atoms with van der Waals surface area (Å²) >= 11 is 5.67. The van der Waals surface area contributed by atoms with Gasteiger partial charge in [0, 0.05) is 7.05 Å². The minimum absolute atomic E-state index is 0.123. The van der Waals surface area contributed by atoms with Gasteiger partial charge in [0.15, 0.2) is 0 Å². The lowest BCUT2D eigenvalue weighted by Gasteiger charge is -2.16. The largest absolute Gasteiger partial charge is 0.271 e. The number of halogens is 2. The second kappa shape index (κ2) is 5.69. The van der Waals surface area contributed by atoms with E-state index < -0.39 is 5.82 Å². The SMILES string of the molecule is Cc1cc(C(Cc2ccc(Cl)c(F)c2)NN)n(C)n1. The van der Waals surface area contributed by atoms with Gasteiger partial charge in [-0.25, -0.2) is 4.39 Å². The third-order valence-corrected chi connectivity index (χ3v) is 3.33. The van der Waals surface area contributed by atoms with E-state index in [4.69, 9.17) is 17.4 Å². The third kappa shape index (κ3) is 3.12. The molecule has 0 aliphatic rings. The fourth-order valence-corrected chi connectivity index (χ4v) is 2.23. The Kier molecular flexibility index (Phi) is 4.19. The number of rotatable bonds is 4. The Morgan fingerprint density at radius 2 is 2.21 bits per heavy atom. The van der Waals surface area contributed by atoms with Crippen LogP contribution < -0.4 is 11.3 Å². The zero-order valence-corrected chi connectivity index (χ0v) is 11.6. The Labute approximate surface area is 116 Å². The van der Waals surface area contributed by atoms with Crippen LogP contribution in [0.4, 0.5) is 4.39 Å². The van der Waals surface area contributed by atoms with E-state index in [1.807, 2.05) is 20.0 Å². The molecule has 4 nitrogen and oxygen atoms in total. The molecule has 1 aromatic heterocycles. The molecule has 19 heavy (non-hydrogen) atoms. The minimum Gasteiger partial charge on any atom is -0.271 e. The Balaban J connectivity index is 2.23. The summed E-state index contributed by atoms with van der Waals surface area (Å²) in [5.41, 5.74) is 5.43. The molecule has 0 saturated heterocycles. The monoisotopic (exact) mass is 282 g/mol. The van der Waals surface area contributed by atoms with E-state index in [0.717, 1.165) is 17.0 Å². The number of nitrogens with two attached hydrogens (primary N) is 1. The molecular formula is C13H16ClFN4. The highest BCUT2D eigenvalue weighted by atomic mass is 35.5. The minimum atomic E-state index is -0.420. The fraction of sp³-hybridized carbons (Fsp3) is 0.308. The molecule has 0 fully saturated rings. The lowest BCUT2D eigenvalue weighted by Crippen LogP contribution is -2.31. The van der Waals surface area contributed by atoms with Crippen molar-refractivity contribution >= 4 is 11.6 Å². The summed E-state index contributed by atoms with van der Waals surface area (Å²) in [6.07, 6.45) is 0.559. The molecule has 102 valence electrons. The van der Waals surface area contributed by atoms with E-state index in [1.54, 1.807) is 16.8 Å². The lowest BCUT2D eigenvalue weighted by atomic mass is 10.0. The Morgan fingerprint density at radius 1 is 1.47 bits per heavy atom. The normalized spacial score (nSPS) is 12.7. The summed E-state index contributed by atoms with van der Waals surface area (Å²) in [6, 6.07) is 6.59. The van der Waals surface area contributed by atoms with Crippen molar-refractivity contribution in [2.24, 2.45) is 12.9 Å². The van der Waals surface area contributed by atoms with Gasteiger partial charge < -0.3 is 0 Å². The predicted octanol–water partition coefficient (Wildman–Crippen LogP) is 2.27. The van der Waals surface area contributed by atoms with Crippen LogP contribution >= 0.6 is 11.6 Å². The summed E-state index contributed by atoms with van der Waals surface area (Å²) in [7, 11) is 1.86. The molecule has 3 N–H and O–H groups in total. The van der Waals surface area contributed by atoms with Crippen LogP contribution in [0.1, 0.15) is 23.0 Å². The van der Waals surface area contributed by atoms with Gasteiger partial charge in [0.2, 0.25) is 0 Å². The summed E-state index contributed by atoms with van der Waals surface area (Å²) in [6.45, 7) is 1.92. The van der Waals surface area contributed by atoms with E-state index in [0.29, 0.717) is 6.42 Å². The summed E-state index contributed by atoms with van der Waals surface area (Å²) in [4.78, 5) is 0. The quantitative estimate of drug-likeness (QED) is 0.668. The molecule has 2 aromatic rings. The highest BCUT2D eigenvalue weighted by Crippen LogP contribution is 2.21. The molecule has 6 heteroatoms. The molecule has 0 bridgehead atoms. The van der Waals surface area contributed by atoms with E-state index >= 15 is 0 Å². The van der Waals surface area contributed by atoms with Gasteiger partial charge >= 0.3 is 0 Å². The second-order valence-electron chi connectivity index (χ2n) is 4.51. The molecule has 2 rings (SSSR count). The van der Waals surface area contributed by atoms with Crippen molar-refractivity contribution < 1.29 is 4.39 Å². The summed E-state index contributed by atoms with van der Waals surface area (Å²) in [5, 5.41) is 4.40. The number of hydrazine groups is 1. The summed E-state index contributed by atoms with van der Waals surface area (Å²) in [5.74, 6) is 5.17. The fourth-order valence-electron chi connectivity index (χ4n) is 2.11. The number of nitrogens with zero attached hydrogens (tertiary/aromatic N) is 2. The van der Waals surface area contributed by atoms with Crippen LogP contribution in [-0.4, -0.2) is 9.78 Å². The molecule has 0 radical (unpaired) electrons. The Hall–Kier alpha value is -1.43. The van der Waals surface area contributed by atoms with Gasteiger partial charge in [-0.15, -0.1) is 0 Å². The molecule has 0 aliphatic carbocycles.